The van der Waals surface area contributed by atoms with E-state index in [4.69, 9.17) is 9.73 Å². The minimum Gasteiger partial charge on any atom is -0.370 e. The number of ether oxygens (including phenoxy) is 1. The highest BCUT2D eigenvalue weighted by Crippen LogP contribution is 2.22. The molecule has 3 heterocycles. The molecule has 1 aromatic heterocycles. The summed E-state index contributed by atoms with van der Waals surface area (Å²) in [6.07, 6.45) is 5.54. The Hall–Kier alpha value is -2.87. The van der Waals surface area contributed by atoms with Gasteiger partial charge in [-0.05, 0) is 24.5 Å². The number of amides is 1. The van der Waals surface area contributed by atoms with Crippen molar-refractivity contribution in [3.05, 3.63) is 53.3 Å². The maximum atomic E-state index is 11.8. The van der Waals surface area contributed by atoms with Gasteiger partial charge in [0, 0.05) is 51.4 Å². The Kier molecular flexibility index (Phi) is 6.86. The second-order valence-electron chi connectivity index (χ2n) is 8.16. The molecule has 1 unspecified atom stereocenters. The molecule has 0 bridgehead atoms. The SMILES string of the molecule is CCNC(=NCc1ccc(CN2CCCC2=O)cc1)N1CCOC(c2cnn(C)c2)C1. The summed E-state index contributed by atoms with van der Waals surface area (Å²) in [7, 11) is 1.92. The molecule has 8 heteroatoms. The Labute approximate surface area is 183 Å². The molecule has 0 aliphatic carbocycles. The van der Waals surface area contributed by atoms with Crippen molar-refractivity contribution in [1.82, 2.24) is 24.9 Å². The van der Waals surface area contributed by atoms with Gasteiger partial charge in [-0.3, -0.25) is 9.48 Å². The number of guanidine groups is 1. The molecule has 2 aliphatic rings. The highest BCUT2D eigenvalue weighted by molar-refractivity contribution is 5.80. The van der Waals surface area contributed by atoms with E-state index in [2.05, 4.69) is 46.5 Å². The summed E-state index contributed by atoms with van der Waals surface area (Å²) >= 11 is 0. The number of aliphatic imine (C=N–C) groups is 1. The fourth-order valence-electron chi connectivity index (χ4n) is 4.08. The predicted octanol–water partition coefficient (Wildman–Crippen LogP) is 2.08. The lowest BCUT2D eigenvalue weighted by molar-refractivity contribution is -0.128. The predicted molar refractivity (Wildman–Crippen MR) is 119 cm³/mol. The van der Waals surface area contributed by atoms with Gasteiger partial charge in [0.05, 0.1) is 25.9 Å². The van der Waals surface area contributed by atoms with E-state index in [1.807, 2.05) is 24.3 Å². The summed E-state index contributed by atoms with van der Waals surface area (Å²) in [5.74, 6) is 1.17. The van der Waals surface area contributed by atoms with Gasteiger partial charge in [-0.1, -0.05) is 24.3 Å². The van der Waals surface area contributed by atoms with Crippen molar-refractivity contribution in [2.24, 2.45) is 12.0 Å². The van der Waals surface area contributed by atoms with Crippen LogP contribution in [0.5, 0.6) is 0 Å². The van der Waals surface area contributed by atoms with Crippen molar-refractivity contribution in [1.29, 1.82) is 0 Å². The minimum atomic E-state index is -0.00103. The van der Waals surface area contributed by atoms with E-state index in [0.717, 1.165) is 49.7 Å². The molecule has 2 aromatic rings. The summed E-state index contributed by atoms with van der Waals surface area (Å²) in [4.78, 5) is 20.9. The zero-order chi connectivity index (χ0) is 21.6. The number of rotatable bonds is 6. The minimum absolute atomic E-state index is 0.00103. The van der Waals surface area contributed by atoms with Crippen LogP contribution in [0.3, 0.4) is 0 Å². The third-order valence-corrected chi connectivity index (χ3v) is 5.78. The monoisotopic (exact) mass is 424 g/mol. The Morgan fingerprint density at radius 2 is 2.06 bits per heavy atom. The number of aryl methyl sites for hydroxylation is 1. The Balaban J connectivity index is 1.38. The number of carbonyl (C=O) groups is 1. The van der Waals surface area contributed by atoms with Gasteiger partial charge in [0.25, 0.3) is 0 Å². The maximum Gasteiger partial charge on any atom is 0.222 e. The first kappa shape index (κ1) is 21.4. The zero-order valence-electron chi connectivity index (χ0n) is 18.5. The second-order valence-corrected chi connectivity index (χ2v) is 8.16. The van der Waals surface area contributed by atoms with E-state index in [9.17, 15) is 4.79 Å². The molecule has 1 N–H and O–H groups in total. The van der Waals surface area contributed by atoms with Crippen molar-refractivity contribution in [3.8, 4) is 0 Å². The lowest BCUT2D eigenvalue weighted by Crippen LogP contribution is -2.48. The Morgan fingerprint density at radius 3 is 2.74 bits per heavy atom. The molecule has 2 saturated heterocycles. The number of benzene rings is 1. The average Bonchev–Trinajstić information content (AvgIpc) is 3.40. The quantitative estimate of drug-likeness (QED) is 0.568. The molecule has 0 radical (unpaired) electrons. The fourth-order valence-corrected chi connectivity index (χ4v) is 4.08. The number of hydrogen-bond donors (Lipinski definition) is 1. The number of carbonyl (C=O) groups excluding carboxylic acids is 1. The van der Waals surface area contributed by atoms with Crippen molar-refractivity contribution in [2.75, 3.05) is 32.8 Å². The maximum absolute atomic E-state index is 11.8. The normalized spacial score (nSPS) is 19.9. The van der Waals surface area contributed by atoms with E-state index in [0.29, 0.717) is 26.1 Å². The van der Waals surface area contributed by atoms with E-state index >= 15 is 0 Å². The number of morpholine rings is 1. The third kappa shape index (κ3) is 5.44. The van der Waals surface area contributed by atoms with Crippen molar-refractivity contribution in [2.45, 2.75) is 39.0 Å². The summed E-state index contributed by atoms with van der Waals surface area (Å²) in [6.45, 7) is 7.31. The molecule has 31 heavy (non-hydrogen) atoms. The number of likely N-dealkylation sites (tertiary alicyclic amines) is 1. The highest BCUT2D eigenvalue weighted by atomic mass is 16.5. The molecule has 1 aromatic carbocycles. The number of hydrogen-bond acceptors (Lipinski definition) is 4. The Bertz CT molecular complexity index is 907. The summed E-state index contributed by atoms with van der Waals surface area (Å²) in [5, 5.41) is 7.69. The van der Waals surface area contributed by atoms with E-state index < -0.39 is 0 Å². The molecule has 1 atom stereocenters. The third-order valence-electron chi connectivity index (χ3n) is 5.78. The number of aromatic nitrogens is 2. The van der Waals surface area contributed by atoms with Gasteiger partial charge in [-0.25, -0.2) is 4.99 Å². The van der Waals surface area contributed by atoms with Crippen molar-refractivity contribution >= 4 is 11.9 Å². The van der Waals surface area contributed by atoms with Crippen LogP contribution in [0, 0.1) is 0 Å². The van der Waals surface area contributed by atoms with Gasteiger partial charge >= 0.3 is 0 Å². The van der Waals surface area contributed by atoms with Crippen molar-refractivity contribution in [3.63, 3.8) is 0 Å². The van der Waals surface area contributed by atoms with Crippen LogP contribution in [-0.4, -0.2) is 64.2 Å². The van der Waals surface area contributed by atoms with Crippen LogP contribution in [0.2, 0.25) is 0 Å². The molecular formula is C23H32N6O2. The average molecular weight is 425 g/mol. The van der Waals surface area contributed by atoms with Crippen LogP contribution in [-0.2, 0) is 29.7 Å². The first-order valence-electron chi connectivity index (χ1n) is 11.1. The molecule has 1 amide bonds. The van der Waals surface area contributed by atoms with Gasteiger partial charge in [-0.15, -0.1) is 0 Å². The second kappa shape index (κ2) is 9.96. The molecule has 0 spiro atoms. The van der Waals surface area contributed by atoms with E-state index in [-0.39, 0.29) is 12.0 Å². The van der Waals surface area contributed by atoms with E-state index in [1.165, 1.54) is 5.56 Å². The van der Waals surface area contributed by atoms with Crippen molar-refractivity contribution < 1.29 is 9.53 Å². The summed E-state index contributed by atoms with van der Waals surface area (Å²) in [6, 6.07) is 8.44. The largest absolute Gasteiger partial charge is 0.370 e. The van der Waals surface area contributed by atoms with Crippen LogP contribution >= 0.6 is 0 Å². The fraction of sp³-hybridized carbons (Fsp3) is 0.522. The van der Waals surface area contributed by atoms with Gasteiger partial charge < -0.3 is 19.9 Å². The molecule has 2 aliphatic heterocycles. The molecule has 2 fully saturated rings. The molecular weight excluding hydrogens is 392 g/mol. The van der Waals surface area contributed by atoms with Crippen LogP contribution in [0.15, 0.2) is 41.7 Å². The molecule has 8 nitrogen and oxygen atoms in total. The van der Waals surface area contributed by atoms with Gasteiger partial charge in [0.15, 0.2) is 5.96 Å². The summed E-state index contributed by atoms with van der Waals surface area (Å²) in [5.41, 5.74) is 3.42. The first-order chi connectivity index (χ1) is 15.1. The van der Waals surface area contributed by atoms with Crippen LogP contribution in [0.4, 0.5) is 0 Å². The topological polar surface area (TPSA) is 75.0 Å². The molecule has 4 rings (SSSR count). The van der Waals surface area contributed by atoms with Gasteiger partial charge in [0.2, 0.25) is 5.91 Å². The zero-order valence-corrected chi connectivity index (χ0v) is 18.5. The summed E-state index contributed by atoms with van der Waals surface area (Å²) < 4.78 is 7.77. The standard InChI is InChI=1S/C23H32N6O2/c1-3-24-23(29-11-12-31-21(17-29)20-14-26-27(2)16-20)25-13-18-6-8-19(9-7-18)15-28-10-4-5-22(28)30/h6-9,14,16,21H,3-5,10-13,15,17H2,1-2H3,(H,24,25). The number of nitrogens with zero attached hydrogens (tertiary/aromatic N) is 5. The van der Waals surface area contributed by atoms with Crippen LogP contribution in [0.1, 0.15) is 42.6 Å². The molecule has 166 valence electrons. The van der Waals surface area contributed by atoms with E-state index in [1.54, 1.807) is 4.68 Å². The number of nitrogens with one attached hydrogen (secondary N) is 1. The van der Waals surface area contributed by atoms with Crippen LogP contribution in [0.25, 0.3) is 0 Å². The van der Waals surface area contributed by atoms with Gasteiger partial charge in [0.1, 0.15) is 6.10 Å². The lowest BCUT2D eigenvalue weighted by Gasteiger charge is -2.34. The molecule has 0 saturated carbocycles. The first-order valence-corrected chi connectivity index (χ1v) is 11.1. The lowest BCUT2D eigenvalue weighted by atomic mass is 10.1. The van der Waals surface area contributed by atoms with Crippen LogP contribution < -0.4 is 5.32 Å². The van der Waals surface area contributed by atoms with Gasteiger partial charge in [-0.2, -0.15) is 5.10 Å². The Morgan fingerprint density at radius 1 is 1.26 bits per heavy atom. The smallest absolute Gasteiger partial charge is 0.222 e. The highest BCUT2D eigenvalue weighted by Gasteiger charge is 2.25.